The Labute approximate surface area is 192 Å². The second-order valence-corrected chi connectivity index (χ2v) is 9.73. The molecule has 0 radical (unpaired) electrons. The minimum Gasteiger partial charge on any atom is -0.500 e. The van der Waals surface area contributed by atoms with Crippen LogP contribution in [0.3, 0.4) is 0 Å². The van der Waals surface area contributed by atoms with Crippen molar-refractivity contribution >= 4 is 34.9 Å². The normalized spacial score (nSPS) is 24.6. The van der Waals surface area contributed by atoms with Gasteiger partial charge in [0.25, 0.3) is 0 Å². The molecule has 2 heterocycles. The number of methoxy groups -OCH3 is 1. The van der Waals surface area contributed by atoms with Gasteiger partial charge in [0.1, 0.15) is 5.76 Å². The maximum atomic E-state index is 11.1. The number of hydrogen-bond acceptors (Lipinski definition) is 6. The third-order valence-electron chi connectivity index (χ3n) is 5.97. The highest BCUT2D eigenvalue weighted by Gasteiger charge is 2.40. The Morgan fingerprint density at radius 1 is 0.903 bits per heavy atom. The van der Waals surface area contributed by atoms with Crippen LogP contribution in [0, 0.1) is 5.92 Å². The second-order valence-electron chi connectivity index (χ2n) is 7.61. The number of aliphatic hydroxyl groups is 1. The molecule has 5 rings (SSSR count). The van der Waals surface area contributed by atoms with Crippen LogP contribution < -0.4 is 9.80 Å². The van der Waals surface area contributed by atoms with E-state index < -0.39 is 6.10 Å². The SMILES string of the molecule is CCN1/C(=C/C2=C(OC)C(/C=C3\Sc4ccccc4N3CC)C2O)Sc2ccccc21. The molecule has 160 valence electrons. The minimum atomic E-state index is -0.569. The van der Waals surface area contributed by atoms with Crippen molar-refractivity contribution in [1.29, 1.82) is 0 Å². The highest BCUT2D eigenvalue weighted by Crippen LogP contribution is 2.50. The summed E-state index contributed by atoms with van der Waals surface area (Å²) >= 11 is 3.51. The van der Waals surface area contributed by atoms with E-state index in [1.54, 1.807) is 30.6 Å². The van der Waals surface area contributed by atoms with E-state index in [4.69, 9.17) is 4.74 Å². The van der Waals surface area contributed by atoms with Crippen LogP contribution in [0.2, 0.25) is 0 Å². The number of ether oxygens (including phenoxy) is 1. The van der Waals surface area contributed by atoms with Crippen LogP contribution in [-0.4, -0.2) is 31.4 Å². The molecule has 3 aliphatic rings. The zero-order valence-electron chi connectivity index (χ0n) is 17.9. The Morgan fingerprint density at radius 2 is 1.45 bits per heavy atom. The van der Waals surface area contributed by atoms with E-state index in [1.807, 2.05) is 0 Å². The average molecular weight is 451 g/mol. The number of rotatable bonds is 5. The van der Waals surface area contributed by atoms with Gasteiger partial charge in [-0.1, -0.05) is 47.8 Å². The molecule has 0 fully saturated rings. The first-order valence-corrected chi connectivity index (χ1v) is 12.3. The second kappa shape index (κ2) is 8.34. The summed E-state index contributed by atoms with van der Waals surface area (Å²) in [7, 11) is 1.70. The number of aliphatic hydroxyl groups excluding tert-OH is 1. The molecule has 0 saturated heterocycles. The van der Waals surface area contributed by atoms with Gasteiger partial charge < -0.3 is 19.6 Å². The van der Waals surface area contributed by atoms with E-state index in [2.05, 4.69) is 84.3 Å². The van der Waals surface area contributed by atoms with Gasteiger partial charge in [0.2, 0.25) is 0 Å². The van der Waals surface area contributed by atoms with Gasteiger partial charge in [0.05, 0.1) is 40.6 Å². The summed E-state index contributed by atoms with van der Waals surface area (Å²) in [5, 5.41) is 13.4. The molecule has 0 aromatic heterocycles. The fourth-order valence-electron chi connectivity index (χ4n) is 4.43. The number of anilines is 2. The molecule has 2 aromatic rings. The van der Waals surface area contributed by atoms with Crippen LogP contribution in [-0.2, 0) is 4.74 Å². The van der Waals surface area contributed by atoms with Gasteiger partial charge in [0, 0.05) is 28.5 Å². The fourth-order valence-corrected chi connectivity index (χ4v) is 6.82. The number of thioether (sulfide) groups is 2. The number of para-hydroxylation sites is 2. The molecule has 0 spiro atoms. The van der Waals surface area contributed by atoms with Gasteiger partial charge in [0.15, 0.2) is 0 Å². The lowest BCUT2D eigenvalue weighted by Gasteiger charge is -2.36. The molecule has 6 heteroatoms. The largest absolute Gasteiger partial charge is 0.500 e. The Morgan fingerprint density at radius 3 is 2.03 bits per heavy atom. The van der Waals surface area contributed by atoms with Crippen molar-refractivity contribution in [2.45, 2.75) is 29.7 Å². The zero-order valence-corrected chi connectivity index (χ0v) is 19.5. The monoisotopic (exact) mass is 450 g/mol. The van der Waals surface area contributed by atoms with Crippen LogP contribution in [0.25, 0.3) is 0 Å². The summed E-state index contributed by atoms with van der Waals surface area (Å²) in [5.74, 6) is 0.722. The molecule has 31 heavy (non-hydrogen) atoms. The first-order valence-electron chi connectivity index (χ1n) is 10.6. The van der Waals surface area contributed by atoms with Gasteiger partial charge in [-0.25, -0.2) is 0 Å². The fraction of sp³-hybridized carbons (Fsp3) is 0.280. The first kappa shape index (κ1) is 20.6. The minimum absolute atomic E-state index is 0.133. The summed E-state index contributed by atoms with van der Waals surface area (Å²) in [6.07, 6.45) is 3.69. The van der Waals surface area contributed by atoms with Crippen LogP contribution in [0.4, 0.5) is 11.4 Å². The van der Waals surface area contributed by atoms with Crippen LogP contribution in [0.1, 0.15) is 13.8 Å². The summed E-state index contributed by atoms with van der Waals surface area (Å²) in [4.78, 5) is 7.11. The molecule has 4 nitrogen and oxygen atoms in total. The molecule has 2 aromatic carbocycles. The Bertz CT molecular complexity index is 1110. The number of hydrogen-bond donors (Lipinski definition) is 1. The Kier molecular flexibility index (Phi) is 5.54. The number of benzene rings is 2. The molecule has 0 amide bonds. The lowest BCUT2D eigenvalue weighted by atomic mass is 9.80. The maximum absolute atomic E-state index is 11.1. The molecular formula is C25H26N2O2S2. The van der Waals surface area contributed by atoms with Crippen LogP contribution in [0.15, 0.2) is 91.9 Å². The van der Waals surface area contributed by atoms with Crippen LogP contribution >= 0.6 is 23.5 Å². The van der Waals surface area contributed by atoms with Gasteiger partial charge in [-0.3, -0.25) is 0 Å². The van der Waals surface area contributed by atoms with Gasteiger partial charge in [-0.15, -0.1) is 0 Å². The van der Waals surface area contributed by atoms with Crippen molar-refractivity contribution in [1.82, 2.24) is 0 Å². The molecule has 0 bridgehead atoms. The summed E-state index contributed by atoms with van der Waals surface area (Å²) in [6, 6.07) is 16.9. The average Bonchev–Trinajstić information content (AvgIpc) is 3.34. The van der Waals surface area contributed by atoms with Crippen molar-refractivity contribution in [2.24, 2.45) is 5.92 Å². The lowest BCUT2D eigenvalue weighted by Crippen LogP contribution is -2.36. The Balaban J connectivity index is 1.45. The predicted octanol–water partition coefficient (Wildman–Crippen LogP) is 5.82. The van der Waals surface area contributed by atoms with Gasteiger partial charge >= 0.3 is 0 Å². The zero-order chi connectivity index (χ0) is 21.5. The smallest absolute Gasteiger partial charge is 0.111 e. The first-order chi connectivity index (χ1) is 15.2. The highest BCUT2D eigenvalue weighted by atomic mass is 32.2. The maximum Gasteiger partial charge on any atom is 0.111 e. The van der Waals surface area contributed by atoms with E-state index in [0.29, 0.717) is 0 Å². The predicted molar refractivity (Wildman–Crippen MR) is 130 cm³/mol. The highest BCUT2D eigenvalue weighted by molar-refractivity contribution is 8.04. The molecule has 2 unspecified atom stereocenters. The number of nitrogens with zero attached hydrogens (tertiary/aromatic N) is 2. The van der Waals surface area contributed by atoms with Gasteiger partial charge in [-0.05, 0) is 50.3 Å². The standard InChI is InChI=1S/C25H26N2O2S2/c1-4-26-18-10-6-8-12-20(18)30-22(26)14-16-24(28)17(25(16)29-3)15-23-27(5-2)19-11-7-9-13-21(19)31-23/h6-16,24,28H,4-5H2,1-3H3/b22-14-,23-15-. The molecule has 2 aliphatic heterocycles. The van der Waals surface area contributed by atoms with Crippen molar-refractivity contribution in [3.8, 4) is 0 Å². The van der Waals surface area contributed by atoms with E-state index in [1.165, 1.54) is 21.2 Å². The van der Waals surface area contributed by atoms with Crippen molar-refractivity contribution in [2.75, 3.05) is 30.0 Å². The summed E-state index contributed by atoms with van der Waals surface area (Å²) < 4.78 is 5.77. The summed E-state index contributed by atoms with van der Waals surface area (Å²) in [6.45, 7) is 6.09. The van der Waals surface area contributed by atoms with Crippen molar-refractivity contribution in [3.63, 3.8) is 0 Å². The third kappa shape index (κ3) is 3.37. The van der Waals surface area contributed by atoms with Crippen molar-refractivity contribution < 1.29 is 9.84 Å². The number of fused-ring (bicyclic) bond motifs is 2. The van der Waals surface area contributed by atoms with Crippen molar-refractivity contribution in [3.05, 3.63) is 82.1 Å². The van der Waals surface area contributed by atoms with Crippen LogP contribution in [0.5, 0.6) is 0 Å². The van der Waals surface area contributed by atoms with E-state index in [-0.39, 0.29) is 5.92 Å². The third-order valence-corrected chi connectivity index (χ3v) is 8.22. The molecular weight excluding hydrogens is 424 g/mol. The van der Waals surface area contributed by atoms with E-state index in [9.17, 15) is 5.11 Å². The quantitative estimate of drug-likeness (QED) is 0.618. The summed E-state index contributed by atoms with van der Waals surface area (Å²) in [5.41, 5.74) is 3.34. The van der Waals surface area contributed by atoms with E-state index in [0.717, 1.165) is 34.5 Å². The van der Waals surface area contributed by atoms with Gasteiger partial charge in [-0.2, -0.15) is 0 Å². The molecule has 1 aliphatic carbocycles. The molecule has 1 N–H and O–H groups in total. The van der Waals surface area contributed by atoms with E-state index >= 15 is 0 Å². The molecule has 0 saturated carbocycles. The Hall–Kier alpha value is -2.28. The lowest BCUT2D eigenvalue weighted by molar-refractivity contribution is 0.0947. The molecule has 2 atom stereocenters. The topological polar surface area (TPSA) is 35.9 Å².